The molecule has 9 nitrogen and oxygen atoms in total. The fourth-order valence-corrected chi connectivity index (χ4v) is 3.39. The number of fused-ring (bicyclic) bond motifs is 1. The van der Waals surface area contributed by atoms with Gasteiger partial charge in [-0.1, -0.05) is 0 Å². The number of halogens is 4. The molecule has 14 heteroatoms. The van der Waals surface area contributed by atoms with E-state index < -0.39 is 28.0 Å². The van der Waals surface area contributed by atoms with E-state index in [4.69, 9.17) is 14.6 Å². The molecule has 0 saturated carbocycles. The minimum Gasteiger partial charge on any atom is -0.475 e. The van der Waals surface area contributed by atoms with Crippen LogP contribution in [0.25, 0.3) is 0 Å². The number of carboxylic acids is 1. The third-order valence-corrected chi connectivity index (χ3v) is 5.16. The van der Waals surface area contributed by atoms with Gasteiger partial charge in [-0.05, 0) is 12.1 Å². The van der Waals surface area contributed by atoms with Crippen molar-refractivity contribution in [3.8, 4) is 5.88 Å². The van der Waals surface area contributed by atoms with Gasteiger partial charge in [0, 0.05) is 31.4 Å². The molecule has 0 radical (unpaired) electrons. The van der Waals surface area contributed by atoms with Crippen LogP contribution >= 0.6 is 0 Å². The molecule has 1 aliphatic rings. The Balaban J connectivity index is 0.000000396. The molecule has 0 fully saturated rings. The first kappa shape index (κ1) is 23.5. The van der Waals surface area contributed by atoms with Gasteiger partial charge in [-0.15, -0.1) is 0 Å². The van der Waals surface area contributed by atoms with Crippen LogP contribution in [0.4, 0.5) is 17.6 Å². The van der Waals surface area contributed by atoms with E-state index in [0.29, 0.717) is 13.1 Å². The molecule has 1 aliphatic heterocycles. The highest BCUT2D eigenvalue weighted by molar-refractivity contribution is 7.88. The molecule has 3 rings (SSSR count). The number of pyridine rings is 1. The molecule has 2 aromatic rings. The predicted octanol–water partition coefficient (Wildman–Crippen LogP) is 1.52. The zero-order valence-electron chi connectivity index (χ0n) is 15.6. The lowest BCUT2D eigenvalue weighted by Gasteiger charge is -2.21. The molecule has 1 N–H and O–H groups in total. The minimum atomic E-state index is -5.08. The maximum absolute atomic E-state index is 13.6. The van der Waals surface area contributed by atoms with E-state index in [1.807, 2.05) is 4.57 Å². The summed E-state index contributed by atoms with van der Waals surface area (Å²) >= 11 is 0. The summed E-state index contributed by atoms with van der Waals surface area (Å²) in [4.78, 5) is 16.8. The summed E-state index contributed by atoms with van der Waals surface area (Å²) in [6.07, 6.45) is 0.854. The molecule has 30 heavy (non-hydrogen) atoms. The second-order valence-corrected chi connectivity index (χ2v) is 8.35. The van der Waals surface area contributed by atoms with E-state index in [1.165, 1.54) is 28.9 Å². The highest BCUT2D eigenvalue weighted by atomic mass is 32.2. The smallest absolute Gasteiger partial charge is 0.475 e. The van der Waals surface area contributed by atoms with Gasteiger partial charge >= 0.3 is 12.1 Å². The Morgan fingerprint density at radius 3 is 2.60 bits per heavy atom. The summed E-state index contributed by atoms with van der Waals surface area (Å²) in [5.74, 6) is -3.51. The Hall–Kier alpha value is -2.74. The maximum Gasteiger partial charge on any atom is 0.490 e. The number of rotatable bonds is 4. The lowest BCUT2D eigenvalue weighted by Crippen LogP contribution is -2.35. The van der Waals surface area contributed by atoms with Crippen molar-refractivity contribution in [3.63, 3.8) is 0 Å². The quantitative estimate of drug-likeness (QED) is 0.697. The zero-order chi connectivity index (χ0) is 22.5. The third-order valence-electron chi connectivity index (χ3n) is 3.95. The average molecular weight is 454 g/mol. The van der Waals surface area contributed by atoms with Gasteiger partial charge in [-0.25, -0.2) is 27.6 Å². The van der Waals surface area contributed by atoms with Crippen molar-refractivity contribution < 1.29 is 40.6 Å². The molecule has 1 unspecified atom stereocenters. The number of aliphatic carboxylic acids is 1. The van der Waals surface area contributed by atoms with Crippen molar-refractivity contribution in [2.24, 2.45) is 5.92 Å². The molecule has 0 aromatic carbocycles. The second kappa shape index (κ2) is 9.38. The van der Waals surface area contributed by atoms with E-state index in [9.17, 15) is 26.0 Å². The second-order valence-electron chi connectivity index (χ2n) is 6.36. The van der Waals surface area contributed by atoms with Crippen molar-refractivity contribution in [3.05, 3.63) is 42.4 Å². The Morgan fingerprint density at radius 2 is 2.03 bits per heavy atom. The number of hydrogen-bond donors (Lipinski definition) is 1. The van der Waals surface area contributed by atoms with E-state index in [0.717, 1.165) is 5.69 Å². The van der Waals surface area contributed by atoms with Crippen LogP contribution in [0.15, 0.2) is 30.9 Å². The zero-order valence-corrected chi connectivity index (χ0v) is 16.4. The summed E-state index contributed by atoms with van der Waals surface area (Å²) in [6.45, 7) is 1.29. The minimum absolute atomic E-state index is 0.0755. The van der Waals surface area contributed by atoms with Gasteiger partial charge in [0.15, 0.2) is 5.82 Å². The number of ether oxygens (including phenoxy) is 1. The van der Waals surface area contributed by atoms with Crippen molar-refractivity contribution >= 4 is 16.0 Å². The normalized spacial score (nSPS) is 17.3. The van der Waals surface area contributed by atoms with Gasteiger partial charge < -0.3 is 14.4 Å². The average Bonchev–Trinajstić information content (AvgIpc) is 2.97. The fraction of sp³-hybridized carbons (Fsp3) is 0.438. The highest BCUT2D eigenvalue weighted by Crippen LogP contribution is 2.20. The Morgan fingerprint density at radius 1 is 1.37 bits per heavy atom. The summed E-state index contributed by atoms with van der Waals surface area (Å²) in [5, 5.41) is 7.12. The van der Waals surface area contributed by atoms with Crippen molar-refractivity contribution in [1.82, 2.24) is 18.8 Å². The summed E-state index contributed by atoms with van der Waals surface area (Å²) in [5.41, 5.74) is 0.821. The van der Waals surface area contributed by atoms with Crippen LogP contribution in [0.1, 0.15) is 5.69 Å². The molecular formula is C16H18F4N4O5S. The molecule has 0 amide bonds. The summed E-state index contributed by atoms with van der Waals surface area (Å²) in [7, 11) is -3.35. The summed E-state index contributed by atoms with van der Waals surface area (Å²) < 4.78 is 77.9. The first-order chi connectivity index (χ1) is 13.9. The van der Waals surface area contributed by atoms with Crippen LogP contribution in [-0.2, 0) is 27.9 Å². The molecule has 0 bridgehead atoms. The number of imidazole rings is 1. The number of carbonyl (C=O) groups is 1. The topological polar surface area (TPSA) is 115 Å². The van der Waals surface area contributed by atoms with Crippen LogP contribution < -0.4 is 4.74 Å². The maximum atomic E-state index is 13.6. The number of alkyl halides is 3. The van der Waals surface area contributed by atoms with Gasteiger partial charge in [-0.2, -0.15) is 17.5 Å². The van der Waals surface area contributed by atoms with Crippen molar-refractivity contribution in [2.45, 2.75) is 19.3 Å². The number of carboxylic acid groups (broad SMARTS) is 1. The van der Waals surface area contributed by atoms with Crippen LogP contribution in [0.2, 0.25) is 0 Å². The highest BCUT2D eigenvalue weighted by Gasteiger charge is 2.38. The largest absolute Gasteiger partial charge is 0.490 e. The molecule has 1 atom stereocenters. The number of hydrogen-bond acceptors (Lipinski definition) is 6. The van der Waals surface area contributed by atoms with Gasteiger partial charge in [0.2, 0.25) is 15.9 Å². The molecule has 0 aliphatic carbocycles. The third kappa shape index (κ3) is 6.66. The van der Waals surface area contributed by atoms with Crippen molar-refractivity contribution in [1.29, 1.82) is 0 Å². The van der Waals surface area contributed by atoms with Crippen molar-refractivity contribution in [2.75, 3.05) is 19.4 Å². The van der Waals surface area contributed by atoms with Gasteiger partial charge in [0.05, 0.1) is 31.4 Å². The monoisotopic (exact) mass is 454 g/mol. The molecule has 0 spiro atoms. The number of aromatic nitrogens is 3. The SMILES string of the molecule is CS(=O)(=O)N1Cc2cncn2CC(COc2ncccc2F)C1.O=C(O)C(F)(F)F. The molecule has 2 aromatic heterocycles. The van der Waals surface area contributed by atoms with E-state index in [-0.39, 0.29) is 24.9 Å². The Kier molecular flexibility index (Phi) is 7.36. The van der Waals surface area contributed by atoms with Gasteiger partial charge in [-0.3, -0.25) is 0 Å². The lowest BCUT2D eigenvalue weighted by molar-refractivity contribution is -0.192. The summed E-state index contributed by atoms with van der Waals surface area (Å²) in [6, 6.07) is 2.75. The van der Waals surface area contributed by atoms with Gasteiger partial charge in [0.25, 0.3) is 0 Å². The van der Waals surface area contributed by atoms with E-state index >= 15 is 0 Å². The standard InChI is InChI=1S/C14H17FN4O3S.C2HF3O2/c1-23(20,21)19-7-11(6-18-10-16-5-12(18)8-19)9-22-14-13(15)3-2-4-17-14;3-2(4,5)1(6)7/h2-5,10-11H,6-9H2,1H3;(H,6,7). The van der Waals surface area contributed by atoms with Gasteiger partial charge in [0.1, 0.15) is 0 Å². The first-order valence-electron chi connectivity index (χ1n) is 8.35. The Bertz CT molecular complexity index is 980. The van der Waals surface area contributed by atoms with Crippen LogP contribution in [0.5, 0.6) is 5.88 Å². The molecular weight excluding hydrogens is 436 g/mol. The van der Waals surface area contributed by atoms with E-state index in [1.54, 1.807) is 12.5 Å². The number of sulfonamides is 1. The predicted molar refractivity (Wildman–Crippen MR) is 94.4 cm³/mol. The van der Waals surface area contributed by atoms with E-state index in [2.05, 4.69) is 9.97 Å². The molecule has 3 heterocycles. The number of nitrogens with zero attached hydrogens (tertiary/aromatic N) is 4. The lowest BCUT2D eigenvalue weighted by atomic mass is 10.1. The fourth-order valence-electron chi connectivity index (χ4n) is 2.55. The first-order valence-corrected chi connectivity index (χ1v) is 10.2. The van der Waals surface area contributed by atoms with Crippen LogP contribution in [-0.4, -0.2) is 63.9 Å². The van der Waals surface area contributed by atoms with Crippen LogP contribution in [0, 0.1) is 11.7 Å². The Labute approximate surface area is 169 Å². The molecule has 0 saturated heterocycles. The molecule has 166 valence electrons. The van der Waals surface area contributed by atoms with Crippen LogP contribution in [0.3, 0.4) is 0 Å².